The van der Waals surface area contributed by atoms with Gasteiger partial charge in [-0.3, -0.25) is 9.89 Å². The molecule has 0 spiro atoms. The Morgan fingerprint density at radius 2 is 2.11 bits per heavy atom. The first kappa shape index (κ1) is 23.2. The number of amides is 1. The van der Waals surface area contributed by atoms with E-state index in [2.05, 4.69) is 53.5 Å². The topological polar surface area (TPSA) is 112 Å². The summed E-state index contributed by atoms with van der Waals surface area (Å²) in [6.45, 7) is 9.29. The van der Waals surface area contributed by atoms with Gasteiger partial charge in [-0.05, 0) is 43.7 Å². The minimum Gasteiger partial charge on any atom is -0.329 e. The first-order chi connectivity index (χ1) is 16.7. The van der Waals surface area contributed by atoms with E-state index in [1.54, 1.807) is 0 Å². The third-order valence-electron chi connectivity index (χ3n) is 6.91. The molecule has 3 N–H and O–H groups in total. The van der Waals surface area contributed by atoms with Crippen LogP contribution < -0.4 is 15.5 Å². The van der Waals surface area contributed by atoms with E-state index >= 15 is 0 Å². The van der Waals surface area contributed by atoms with Crippen molar-refractivity contribution in [1.82, 2.24) is 25.1 Å². The molecule has 1 atom stereocenters. The highest BCUT2D eigenvalue weighted by molar-refractivity contribution is 5.97. The van der Waals surface area contributed by atoms with E-state index in [0.29, 0.717) is 36.3 Å². The van der Waals surface area contributed by atoms with Crippen LogP contribution in [0, 0.1) is 5.95 Å². The van der Waals surface area contributed by atoms with E-state index in [4.69, 9.17) is 9.97 Å². The van der Waals surface area contributed by atoms with Gasteiger partial charge in [0.05, 0.1) is 17.6 Å². The number of hydrogen-bond acceptors (Lipinski definition) is 7. The number of nitrogens with one attached hydrogen (secondary N) is 3. The number of hydrogen-bond donors (Lipinski definition) is 3. The van der Waals surface area contributed by atoms with Crippen molar-refractivity contribution in [2.24, 2.45) is 0 Å². The number of carbonyl (C=O) groups excluding carboxylic acids is 1. The monoisotopic (exact) mass is 478 g/mol. The third-order valence-corrected chi connectivity index (χ3v) is 6.91. The van der Waals surface area contributed by atoms with Gasteiger partial charge >= 0.3 is 0 Å². The summed E-state index contributed by atoms with van der Waals surface area (Å²) in [5.74, 6) is 1.57. The van der Waals surface area contributed by atoms with Crippen LogP contribution in [0.3, 0.4) is 0 Å². The number of fused-ring (bicyclic) bond motifs is 1. The molecule has 0 aromatic carbocycles. The second-order valence-electron chi connectivity index (χ2n) is 10.3. The molecule has 0 saturated carbocycles. The van der Waals surface area contributed by atoms with E-state index in [-0.39, 0.29) is 11.3 Å². The first-order valence-electron chi connectivity index (χ1n) is 12.1. The van der Waals surface area contributed by atoms with E-state index in [0.717, 1.165) is 42.0 Å². The normalized spacial score (nSPS) is 18.7. The highest BCUT2D eigenvalue weighted by atomic mass is 19.1. The fourth-order valence-corrected chi connectivity index (χ4v) is 4.83. The Hall–Kier alpha value is -3.56. The van der Waals surface area contributed by atoms with Crippen LogP contribution in [0.1, 0.15) is 69.8 Å². The molecule has 2 aliphatic rings. The van der Waals surface area contributed by atoms with Gasteiger partial charge in [0, 0.05) is 29.3 Å². The van der Waals surface area contributed by atoms with Crippen molar-refractivity contribution in [3.8, 4) is 0 Å². The Morgan fingerprint density at radius 1 is 1.29 bits per heavy atom. The Bertz CT molecular complexity index is 1240. The summed E-state index contributed by atoms with van der Waals surface area (Å²) in [7, 11) is 0. The summed E-state index contributed by atoms with van der Waals surface area (Å²) in [6.07, 6.45) is 4.72. The van der Waals surface area contributed by atoms with Crippen LogP contribution in [0.5, 0.6) is 0 Å². The standard InChI is InChI=1S/C25H31FN8O/c1-14(2)17-12-20(33-32-17)29-22-16-9-10-25(3,4)21(16)30-24(31-22)34-11-5-6-18(34)23(35)28-15-7-8-19(26)27-13-15/h7-8,12-14,18H,5-6,9-11H2,1-4H3,(H,28,35)(H2,29,30,31,32,33)/t18-/m1/s1. The number of H-pyrrole nitrogens is 1. The molecular weight excluding hydrogens is 447 g/mol. The predicted octanol–water partition coefficient (Wildman–Crippen LogP) is 4.43. The van der Waals surface area contributed by atoms with E-state index < -0.39 is 12.0 Å². The van der Waals surface area contributed by atoms with E-state index in [1.807, 2.05) is 11.0 Å². The van der Waals surface area contributed by atoms with Gasteiger partial charge in [-0.15, -0.1) is 0 Å². The average molecular weight is 479 g/mol. The number of pyridine rings is 1. The van der Waals surface area contributed by atoms with Gasteiger partial charge in [0.25, 0.3) is 0 Å². The number of halogens is 1. The van der Waals surface area contributed by atoms with Crippen molar-refractivity contribution in [3.05, 3.63) is 47.3 Å². The lowest BCUT2D eigenvalue weighted by Gasteiger charge is -2.26. The predicted molar refractivity (Wildman–Crippen MR) is 133 cm³/mol. The molecule has 0 bridgehead atoms. The summed E-state index contributed by atoms with van der Waals surface area (Å²) in [6, 6.07) is 4.31. The SMILES string of the molecule is CC(C)c1cc(Nc2nc(N3CCC[C@@H]3C(=O)Nc3ccc(F)nc3)nc3c2CCC3(C)C)n[nH]1. The Balaban J connectivity index is 1.45. The van der Waals surface area contributed by atoms with Crippen molar-refractivity contribution in [1.29, 1.82) is 0 Å². The number of aromatic amines is 1. The second-order valence-corrected chi connectivity index (χ2v) is 10.3. The summed E-state index contributed by atoms with van der Waals surface area (Å²) in [5, 5.41) is 13.7. The molecule has 1 aliphatic heterocycles. The maximum absolute atomic E-state index is 13.2. The molecular formula is C25H31FN8O. The van der Waals surface area contributed by atoms with Crippen molar-refractivity contribution < 1.29 is 9.18 Å². The van der Waals surface area contributed by atoms with Crippen LogP contribution in [-0.2, 0) is 16.6 Å². The van der Waals surface area contributed by atoms with Gasteiger partial charge in [0.1, 0.15) is 11.9 Å². The molecule has 1 fully saturated rings. The number of nitrogens with zero attached hydrogens (tertiary/aromatic N) is 5. The maximum Gasteiger partial charge on any atom is 0.247 e. The number of aromatic nitrogens is 5. The smallest absolute Gasteiger partial charge is 0.247 e. The molecule has 35 heavy (non-hydrogen) atoms. The first-order valence-corrected chi connectivity index (χ1v) is 12.1. The highest BCUT2D eigenvalue weighted by Crippen LogP contribution is 2.42. The molecule has 10 heteroatoms. The zero-order valence-corrected chi connectivity index (χ0v) is 20.5. The van der Waals surface area contributed by atoms with Crippen LogP contribution in [0.15, 0.2) is 24.4 Å². The quantitative estimate of drug-likeness (QED) is 0.449. The van der Waals surface area contributed by atoms with Crippen molar-refractivity contribution >= 4 is 29.2 Å². The van der Waals surface area contributed by atoms with Crippen molar-refractivity contribution in [2.45, 2.75) is 70.8 Å². The van der Waals surface area contributed by atoms with Crippen LogP contribution in [-0.4, -0.2) is 43.6 Å². The van der Waals surface area contributed by atoms with Crippen LogP contribution in [0.2, 0.25) is 0 Å². The third kappa shape index (κ3) is 4.56. The van der Waals surface area contributed by atoms with Gasteiger partial charge in [0.15, 0.2) is 5.82 Å². The lowest BCUT2D eigenvalue weighted by Crippen LogP contribution is -2.41. The van der Waals surface area contributed by atoms with Gasteiger partial charge < -0.3 is 15.5 Å². The minimum absolute atomic E-state index is 0.0879. The number of carbonyl (C=O) groups is 1. The maximum atomic E-state index is 13.2. The number of anilines is 4. The number of rotatable bonds is 6. The fraction of sp³-hybridized carbons (Fsp3) is 0.480. The molecule has 3 aromatic heterocycles. The zero-order chi connectivity index (χ0) is 24.7. The van der Waals surface area contributed by atoms with Gasteiger partial charge in [-0.25, -0.2) is 9.97 Å². The molecule has 0 unspecified atom stereocenters. The summed E-state index contributed by atoms with van der Waals surface area (Å²) in [5.41, 5.74) is 3.53. The lowest BCUT2D eigenvalue weighted by molar-refractivity contribution is -0.117. The van der Waals surface area contributed by atoms with E-state index in [1.165, 1.54) is 18.3 Å². The van der Waals surface area contributed by atoms with Crippen molar-refractivity contribution in [3.63, 3.8) is 0 Å². The molecule has 5 rings (SSSR count). The molecule has 184 valence electrons. The molecule has 3 aromatic rings. The van der Waals surface area contributed by atoms with Crippen LogP contribution >= 0.6 is 0 Å². The van der Waals surface area contributed by atoms with Gasteiger partial charge in [0.2, 0.25) is 17.8 Å². The fourth-order valence-electron chi connectivity index (χ4n) is 4.83. The summed E-state index contributed by atoms with van der Waals surface area (Å²) in [4.78, 5) is 28.6. The molecule has 0 radical (unpaired) electrons. The minimum atomic E-state index is -0.586. The van der Waals surface area contributed by atoms with Gasteiger partial charge in [-0.2, -0.15) is 14.5 Å². The molecule has 9 nitrogen and oxygen atoms in total. The molecule has 1 saturated heterocycles. The Morgan fingerprint density at radius 3 is 2.83 bits per heavy atom. The summed E-state index contributed by atoms with van der Waals surface area (Å²) < 4.78 is 13.2. The lowest BCUT2D eigenvalue weighted by atomic mass is 9.91. The van der Waals surface area contributed by atoms with Crippen molar-refractivity contribution in [2.75, 3.05) is 22.1 Å². The highest BCUT2D eigenvalue weighted by Gasteiger charge is 2.38. The average Bonchev–Trinajstić information content (AvgIpc) is 3.55. The second kappa shape index (κ2) is 8.90. The Labute approximate surface area is 204 Å². The molecule has 1 aliphatic carbocycles. The summed E-state index contributed by atoms with van der Waals surface area (Å²) >= 11 is 0. The van der Waals surface area contributed by atoms with Crippen LogP contribution in [0.25, 0.3) is 0 Å². The molecule has 4 heterocycles. The van der Waals surface area contributed by atoms with Crippen LogP contribution in [0.4, 0.5) is 27.7 Å². The molecule has 1 amide bonds. The largest absolute Gasteiger partial charge is 0.329 e. The zero-order valence-electron chi connectivity index (χ0n) is 20.5. The van der Waals surface area contributed by atoms with Gasteiger partial charge in [-0.1, -0.05) is 27.7 Å². The Kier molecular flexibility index (Phi) is 5.90. The van der Waals surface area contributed by atoms with E-state index in [9.17, 15) is 9.18 Å².